The van der Waals surface area contributed by atoms with Gasteiger partial charge in [-0.3, -0.25) is 0 Å². The van der Waals surface area contributed by atoms with E-state index in [4.69, 9.17) is 4.74 Å². The van der Waals surface area contributed by atoms with Gasteiger partial charge in [-0.2, -0.15) is 0 Å². The predicted octanol–water partition coefficient (Wildman–Crippen LogP) is 5.76. The molecule has 0 atom stereocenters. The van der Waals surface area contributed by atoms with Crippen molar-refractivity contribution < 1.29 is 9.53 Å². The van der Waals surface area contributed by atoms with Gasteiger partial charge >= 0.3 is 5.97 Å². The molecule has 2 heterocycles. The van der Waals surface area contributed by atoms with Crippen LogP contribution in [0.4, 0.5) is 11.5 Å². The van der Waals surface area contributed by atoms with E-state index in [2.05, 4.69) is 47.3 Å². The lowest BCUT2D eigenvalue weighted by Gasteiger charge is -2.09. The average molecular weight is 418 g/mol. The summed E-state index contributed by atoms with van der Waals surface area (Å²) in [5.41, 5.74) is 5.29. The van der Waals surface area contributed by atoms with Crippen molar-refractivity contribution in [2.75, 3.05) is 11.9 Å². The Morgan fingerprint density at radius 3 is 2.50 bits per heavy atom. The molecule has 0 saturated heterocycles. The average Bonchev–Trinajstić information content (AvgIpc) is 3.06. The highest BCUT2D eigenvalue weighted by Gasteiger charge is 2.20. The molecule has 0 amide bonds. The number of esters is 1. The molecular weight excluding hydrogens is 394 g/mol. The van der Waals surface area contributed by atoms with Crippen LogP contribution < -0.4 is 5.32 Å². The van der Waals surface area contributed by atoms with Crippen molar-refractivity contribution in [3.8, 4) is 0 Å². The molecule has 0 fully saturated rings. The van der Waals surface area contributed by atoms with Gasteiger partial charge in [0.1, 0.15) is 21.9 Å². The number of rotatable bonds is 6. The Morgan fingerprint density at radius 1 is 1.03 bits per heavy atom. The van der Waals surface area contributed by atoms with Crippen molar-refractivity contribution in [2.24, 2.45) is 0 Å². The van der Waals surface area contributed by atoms with Gasteiger partial charge in [0.2, 0.25) is 0 Å². The van der Waals surface area contributed by atoms with Gasteiger partial charge in [0.25, 0.3) is 0 Å². The normalized spacial score (nSPS) is 10.9. The third-order valence-electron chi connectivity index (χ3n) is 4.86. The Labute approximate surface area is 179 Å². The zero-order valence-electron chi connectivity index (χ0n) is 17.2. The number of benzene rings is 2. The van der Waals surface area contributed by atoms with Crippen LogP contribution in [0.2, 0.25) is 0 Å². The Morgan fingerprint density at radius 2 is 1.77 bits per heavy atom. The van der Waals surface area contributed by atoms with E-state index >= 15 is 0 Å². The minimum Gasteiger partial charge on any atom is -0.461 e. The van der Waals surface area contributed by atoms with Crippen LogP contribution in [-0.2, 0) is 11.2 Å². The number of nitrogens with zero attached hydrogens (tertiary/aromatic N) is 2. The van der Waals surface area contributed by atoms with Gasteiger partial charge in [0, 0.05) is 12.1 Å². The first-order valence-electron chi connectivity index (χ1n) is 9.82. The zero-order valence-corrected chi connectivity index (χ0v) is 18.0. The van der Waals surface area contributed by atoms with E-state index in [0.29, 0.717) is 23.7 Å². The van der Waals surface area contributed by atoms with E-state index in [0.717, 1.165) is 27.0 Å². The molecule has 30 heavy (non-hydrogen) atoms. The van der Waals surface area contributed by atoms with Crippen molar-refractivity contribution in [1.29, 1.82) is 0 Å². The van der Waals surface area contributed by atoms with Crippen LogP contribution in [0.5, 0.6) is 0 Å². The second kappa shape index (κ2) is 8.63. The Balaban J connectivity index is 1.56. The third kappa shape index (κ3) is 4.33. The quantitative estimate of drug-likeness (QED) is 0.404. The van der Waals surface area contributed by atoms with Gasteiger partial charge in [-0.1, -0.05) is 36.4 Å². The fourth-order valence-corrected chi connectivity index (χ4v) is 4.56. The zero-order chi connectivity index (χ0) is 21.1. The van der Waals surface area contributed by atoms with E-state index in [1.54, 1.807) is 0 Å². The van der Waals surface area contributed by atoms with Crippen LogP contribution in [-0.4, -0.2) is 22.5 Å². The molecule has 0 spiro atoms. The monoisotopic (exact) mass is 417 g/mol. The van der Waals surface area contributed by atoms with Crippen LogP contribution in [0, 0.1) is 20.8 Å². The van der Waals surface area contributed by atoms with E-state index in [-0.39, 0.29) is 5.97 Å². The summed E-state index contributed by atoms with van der Waals surface area (Å²) in [6, 6.07) is 16.3. The number of aryl methyl sites for hydroxylation is 3. The molecule has 0 radical (unpaired) electrons. The van der Waals surface area contributed by atoms with Crippen molar-refractivity contribution in [2.45, 2.75) is 27.2 Å². The fraction of sp³-hybridized carbons (Fsp3) is 0.208. The highest BCUT2D eigenvalue weighted by Crippen LogP contribution is 2.35. The lowest BCUT2D eigenvalue weighted by molar-refractivity contribution is 0.0514. The van der Waals surface area contributed by atoms with Crippen LogP contribution >= 0.6 is 11.3 Å². The highest BCUT2D eigenvalue weighted by atomic mass is 32.1. The van der Waals surface area contributed by atoms with Crippen LogP contribution in [0.25, 0.3) is 10.2 Å². The SMILES string of the molecule is Cc1cc(C)cc(Nc2ncnc3sc(C(=O)OCCc4ccccc4)c(C)c23)c1. The molecule has 4 rings (SSSR count). The van der Waals surface area contributed by atoms with Crippen LogP contribution in [0.3, 0.4) is 0 Å². The third-order valence-corrected chi connectivity index (χ3v) is 6.04. The van der Waals surface area contributed by atoms with Gasteiger partial charge in [-0.25, -0.2) is 14.8 Å². The minimum absolute atomic E-state index is 0.316. The van der Waals surface area contributed by atoms with Gasteiger partial charge in [0.05, 0.1) is 12.0 Å². The maximum absolute atomic E-state index is 12.7. The van der Waals surface area contributed by atoms with Crippen LogP contribution in [0.1, 0.15) is 31.9 Å². The number of ether oxygens (including phenoxy) is 1. The number of fused-ring (bicyclic) bond motifs is 1. The fourth-order valence-electron chi connectivity index (χ4n) is 3.52. The Kier molecular flexibility index (Phi) is 5.77. The van der Waals surface area contributed by atoms with E-state index < -0.39 is 0 Å². The summed E-state index contributed by atoms with van der Waals surface area (Å²) in [5, 5.41) is 4.25. The topological polar surface area (TPSA) is 64.1 Å². The molecular formula is C24H23N3O2S. The van der Waals surface area contributed by atoms with Crippen molar-refractivity contribution in [1.82, 2.24) is 9.97 Å². The summed E-state index contributed by atoms with van der Waals surface area (Å²) in [6.07, 6.45) is 2.21. The minimum atomic E-state index is -0.316. The van der Waals surface area contributed by atoms with Gasteiger partial charge < -0.3 is 10.1 Å². The first kappa shape index (κ1) is 20.0. The number of aromatic nitrogens is 2. The molecule has 0 bridgehead atoms. The number of hydrogen-bond donors (Lipinski definition) is 1. The van der Waals surface area contributed by atoms with E-state index in [1.807, 2.05) is 37.3 Å². The van der Waals surface area contributed by atoms with Crippen molar-refractivity contribution in [3.05, 3.63) is 82.0 Å². The number of carbonyl (C=O) groups excluding carboxylic acids is 1. The lowest BCUT2D eigenvalue weighted by atomic mass is 10.1. The number of carbonyl (C=O) groups is 1. The van der Waals surface area contributed by atoms with E-state index in [9.17, 15) is 4.79 Å². The predicted molar refractivity (Wildman–Crippen MR) is 122 cm³/mol. The molecule has 0 aliphatic heterocycles. The summed E-state index contributed by atoms with van der Waals surface area (Å²) in [6.45, 7) is 6.39. The van der Waals surface area contributed by atoms with Crippen molar-refractivity contribution in [3.63, 3.8) is 0 Å². The maximum atomic E-state index is 12.7. The molecule has 0 unspecified atom stereocenters. The molecule has 6 heteroatoms. The summed E-state index contributed by atoms with van der Waals surface area (Å²) in [4.78, 5) is 22.8. The Bertz CT molecular complexity index is 1180. The summed E-state index contributed by atoms with van der Waals surface area (Å²) < 4.78 is 5.53. The molecule has 1 N–H and O–H groups in total. The highest BCUT2D eigenvalue weighted by molar-refractivity contribution is 7.20. The molecule has 152 valence electrons. The van der Waals surface area contributed by atoms with Gasteiger partial charge in [-0.05, 0) is 55.2 Å². The summed E-state index contributed by atoms with van der Waals surface area (Å²) in [7, 11) is 0. The molecule has 0 aliphatic rings. The number of thiophene rings is 1. The molecule has 4 aromatic rings. The summed E-state index contributed by atoms with van der Waals surface area (Å²) in [5.74, 6) is 0.380. The smallest absolute Gasteiger partial charge is 0.348 e. The molecule has 2 aromatic carbocycles. The largest absolute Gasteiger partial charge is 0.461 e. The van der Waals surface area contributed by atoms with Gasteiger partial charge in [-0.15, -0.1) is 11.3 Å². The number of hydrogen-bond acceptors (Lipinski definition) is 6. The maximum Gasteiger partial charge on any atom is 0.348 e. The van der Waals surface area contributed by atoms with E-state index in [1.165, 1.54) is 28.8 Å². The summed E-state index contributed by atoms with van der Waals surface area (Å²) >= 11 is 1.34. The molecule has 2 aromatic heterocycles. The van der Waals surface area contributed by atoms with Gasteiger partial charge in [0.15, 0.2) is 0 Å². The second-order valence-electron chi connectivity index (χ2n) is 7.33. The standard InChI is InChI=1S/C24H23N3O2S/c1-15-11-16(2)13-19(12-15)27-22-20-17(3)21(30-23(20)26-14-25-22)24(28)29-10-9-18-7-5-4-6-8-18/h4-8,11-14H,9-10H2,1-3H3,(H,25,26,27). The molecule has 5 nitrogen and oxygen atoms in total. The lowest BCUT2D eigenvalue weighted by Crippen LogP contribution is -2.07. The van der Waals surface area contributed by atoms with Crippen molar-refractivity contribution >= 4 is 39.0 Å². The molecule has 0 aliphatic carbocycles. The second-order valence-corrected chi connectivity index (χ2v) is 8.33. The first-order chi connectivity index (χ1) is 14.5. The molecule has 0 saturated carbocycles. The first-order valence-corrected chi connectivity index (χ1v) is 10.6. The number of anilines is 2. The Hall–Kier alpha value is -3.25. The number of nitrogens with one attached hydrogen (secondary N) is 1. The van der Waals surface area contributed by atoms with Crippen LogP contribution in [0.15, 0.2) is 54.9 Å².